The van der Waals surface area contributed by atoms with E-state index >= 15 is 0 Å². The lowest BCUT2D eigenvalue weighted by Gasteiger charge is -2.08. The molecule has 0 saturated heterocycles. The molecule has 6 nitrogen and oxygen atoms in total. The van der Waals surface area contributed by atoms with Crippen LogP contribution >= 0.6 is 0 Å². The van der Waals surface area contributed by atoms with Crippen LogP contribution in [0.15, 0.2) is 78.0 Å². The van der Waals surface area contributed by atoms with E-state index in [4.69, 9.17) is 4.74 Å². The third kappa shape index (κ3) is 3.27. The van der Waals surface area contributed by atoms with Crippen molar-refractivity contribution < 1.29 is 17.9 Å². The summed E-state index contributed by atoms with van der Waals surface area (Å²) >= 11 is 0. The predicted molar refractivity (Wildman–Crippen MR) is 115 cm³/mol. The molecule has 0 bridgehead atoms. The zero-order valence-electron chi connectivity index (χ0n) is 16.6. The summed E-state index contributed by atoms with van der Waals surface area (Å²) in [4.78, 5) is 16.9. The third-order valence-corrected chi connectivity index (χ3v) is 6.71. The van der Waals surface area contributed by atoms with Crippen molar-refractivity contribution in [2.45, 2.75) is 18.2 Å². The molecule has 152 valence electrons. The lowest BCUT2D eigenvalue weighted by molar-refractivity contribution is 0.0599. The number of ether oxygens (including phenoxy) is 1. The second-order valence-electron chi connectivity index (χ2n) is 6.75. The number of aromatic nitrogens is 2. The lowest BCUT2D eigenvalue weighted by Crippen LogP contribution is -2.11. The van der Waals surface area contributed by atoms with Gasteiger partial charge in [0.05, 0.1) is 28.8 Å². The van der Waals surface area contributed by atoms with E-state index in [2.05, 4.69) is 4.98 Å². The molecular weight excluding hydrogens is 400 g/mol. The predicted octanol–water partition coefficient (Wildman–Crippen LogP) is 4.29. The number of nitrogens with zero attached hydrogens (tertiary/aromatic N) is 2. The lowest BCUT2D eigenvalue weighted by atomic mass is 10.0. The van der Waals surface area contributed by atoms with Crippen LogP contribution < -0.4 is 0 Å². The number of benzene rings is 2. The van der Waals surface area contributed by atoms with Gasteiger partial charge >= 0.3 is 5.97 Å². The molecule has 0 spiro atoms. The minimum atomic E-state index is -3.80. The number of esters is 1. The van der Waals surface area contributed by atoms with Crippen LogP contribution in [-0.2, 0) is 21.2 Å². The van der Waals surface area contributed by atoms with Gasteiger partial charge in [0, 0.05) is 23.3 Å². The van der Waals surface area contributed by atoms with Crippen LogP contribution in [0.2, 0.25) is 0 Å². The second kappa shape index (κ2) is 7.76. The highest BCUT2D eigenvalue weighted by Crippen LogP contribution is 2.33. The topological polar surface area (TPSA) is 78.3 Å². The fraction of sp³-hybridized carbons (Fsp3) is 0.130. The SMILES string of the molecule is CCc1cnc(-c2cn(S(=O)(=O)c3ccccc3)c3ccccc23)cc1C(=O)OC. The number of para-hydroxylation sites is 1. The Hall–Kier alpha value is -3.45. The Balaban J connectivity index is 1.96. The zero-order chi connectivity index (χ0) is 21.3. The Kier molecular flexibility index (Phi) is 5.13. The molecule has 2 aromatic carbocycles. The van der Waals surface area contributed by atoms with Gasteiger partial charge in [0.1, 0.15) is 0 Å². The first-order chi connectivity index (χ1) is 14.5. The van der Waals surface area contributed by atoms with Gasteiger partial charge in [-0.3, -0.25) is 4.98 Å². The molecule has 30 heavy (non-hydrogen) atoms. The maximum atomic E-state index is 13.3. The van der Waals surface area contributed by atoms with Crippen molar-refractivity contribution in [2.75, 3.05) is 7.11 Å². The number of carbonyl (C=O) groups excluding carboxylic acids is 1. The molecular formula is C23H20N2O4S. The van der Waals surface area contributed by atoms with Crippen LogP contribution in [0.3, 0.4) is 0 Å². The Morgan fingerprint density at radius 1 is 1.07 bits per heavy atom. The van der Waals surface area contributed by atoms with Gasteiger partial charge in [0.15, 0.2) is 0 Å². The molecule has 0 atom stereocenters. The molecule has 7 heteroatoms. The third-order valence-electron chi connectivity index (χ3n) is 5.03. The normalized spacial score (nSPS) is 11.5. The highest BCUT2D eigenvalue weighted by Gasteiger charge is 2.23. The smallest absolute Gasteiger partial charge is 0.338 e. The number of pyridine rings is 1. The Morgan fingerprint density at radius 3 is 2.47 bits per heavy atom. The minimum absolute atomic E-state index is 0.196. The van der Waals surface area contributed by atoms with Gasteiger partial charge in [-0.2, -0.15) is 0 Å². The van der Waals surface area contributed by atoms with Crippen molar-refractivity contribution in [3.8, 4) is 11.3 Å². The Bertz CT molecular complexity index is 1340. The van der Waals surface area contributed by atoms with Crippen molar-refractivity contribution in [3.63, 3.8) is 0 Å². The largest absolute Gasteiger partial charge is 0.465 e. The molecule has 2 aromatic heterocycles. The number of fused-ring (bicyclic) bond motifs is 1. The van der Waals surface area contributed by atoms with E-state index in [0.29, 0.717) is 28.8 Å². The number of hydrogen-bond donors (Lipinski definition) is 0. The van der Waals surface area contributed by atoms with Crippen LogP contribution in [0.5, 0.6) is 0 Å². The van der Waals surface area contributed by atoms with Gasteiger partial charge in [-0.25, -0.2) is 17.2 Å². The molecule has 0 aliphatic rings. The van der Waals surface area contributed by atoms with E-state index in [0.717, 1.165) is 10.9 Å². The second-order valence-corrected chi connectivity index (χ2v) is 8.56. The maximum absolute atomic E-state index is 13.3. The van der Waals surface area contributed by atoms with Crippen LogP contribution in [0.4, 0.5) is 0 Å². The molecule has 0 aliphatic heterocycles. The summed E-state index contributed by atoms with van der Waals surface area (Å²) in [7, 11) is -2.47. The van der Waals surface area contributed by atoms with Gasteiger partial charge < -0.3 is 4.74 Å². The molecule has 4 aromatic rings. The summed E-state index contributed by atoms with van der Waals surface area (Å²) in [5.74, 6) is -0.448. The van der Waals surface area contributed by atoms with Crippen LogP contribution in [-0.4, -0.2) is 30.5 Å². The summed E-state index contributed by atoms with van der Waals surface area (Å²) in [5, 5.41) is 0.726. The van der Waals surface area contributed by atoms with Gasteiger partial charge in [-0.1, -0.05) is 43.3 Å². The summed E-state index contributed by atoms with van der Waals surface area (Å²) in [6, 6.07) is 17.2. The van der Waals surface area contributed by atoms with Gasteiger partial charge in [-0.15, -0.1) is 0 Å². The maximum Gasteiger partial charge on any atom is 0.338 e. The van der Waals surface area contributed by atoms with E-state index in [9.17, 15) is 13.2 Å². The van der Waals surface area contributed by atoms with Gasteiger partial charge in [0.2, 0.25) is 0 Å². The number of carbonyl (C=O) groups is 1. The van der Waals surface area contributed by atoms with Crippen molar-refractivity contribution in [3.05, 3.63) is 84.2 Å². The molecule has 0 amide bonds. The number of methoxy groups -OCH3 is 1. The summed E-state index contributed by atoms with van der Waals surface area (Å²) in [6.07, 6.45) is 3.82. The monoisotopic (exact) mass is 420 g/mol. The first-order valence-electron chi connectivity index (χ1n) is 9.45. The standard InChI is InChI=1S/C23H20N2O4S/c1-3-16-14-24-21(13-19(16)23(26)29-2)20-15-25(22-12-8-7-11-18(20)22)30(27,28)17-9-5-4-6-10-17/h4-15H,3H2,1-2H3. The van der Waals surface area contributed by atoms with E-state index < -0.39 is 16.0 Å². The van der Waals surface area contributed by atoms with Crippen LogP contribution in [0, 0.1) is 0 Å². The van der Waals surface area contributed by atoms with E-state index in [-0.39, 0.29) is 4.90 Å². The molecule has 4 rings (SSSR count). The van der Waals surface area contributed by atoms with E-state index in [1.54, 1.807) is 60.9 Å². The first-order valence-corrected chi connectivity index (χ1v) is 10.9. The average Bonchev–Trinajstić information content (AvgIpc) is 3.19. The molecule has 0 radical (unpaired) electrons. The van der Waals surface area contributed by atoms with Crippen molar-refractivity contribution >= 4 is 26.9 Å². The van der Waals surface area contributed by atoms with E-state index in [1.807, 2.05) is 19.1 Å². The zero-order valence-corrected chi connectivity index (χ0v) is 17.4. The van der Waals surface area contributed by atoms with Crippen molar-refractivity contribution in [2.24, 2.45) is 0 Å². The van der Waals surface area contributed by atoms with Crippen molar-refractivity contribution in [1.29, 1.82) is 0 Å². The van der Waals surface area contributed by atoms with Crippen molar-refractivity contribution in [1.82, 2.24) is 8.96 Å². The quantitative estimate of drug-likeness (QED) is 0.450. The summed E-state index contributed by atoms with van der Waals surface area (Å²) in [6.45, 7) is 1.93. The summed E-state index contributed by atoms with van der Waals surface area (Å²) in [5.41, 5.74) is 2.86. The Morgan fingerprint density at radius 2 is 1.77 bits per heavy atom. The molecule has 0 N–H and O–H groups in total. The number of hydrogen-bond acceptors (Lipinski definition) is 5. The fourth-order valence-corrected chi connectivity index (χ4v) is 4.86. The Labute approximate surface area is 174 Å². The van der Waals surface area contributed by atoms with Gasteiger partial charge in [-0.05, 0) is 36.2 Å². The number of rotatable bonds is 5. The molecule has 0 aliphatic carbocycles. The molecule has 0 saturated carbocycles. The highest BCUT2D eigenvalue weighted by molar-refractivity contribution is 7.90. The fourth-order valence-electron chi connectivity index (χ4n) is 3.47. The average molecular weight is 420 g/mol. The number of aryl methyl sites for hydroxylation is 1. The molecule has 0 fully saturated rings. The van der Waals surface area contributed by atoms with E-state index in [1.165, 1.54) is 11.1 Å². The highest BCUT2D eigenvalue weighted by atomic mass is 32.2. The van der Waals surface area contributed by atoms with Crippen LogP contribution in [0.1, 0.15) is 22.8 Å². The molecule has 0 unspecified atom stereocenters. The minimum Gasteiger partial charge on any atom is -0.465 e. The summed E-state index contributed by atoms with van der Waals surface area (Å²) < 4.78 is 32.7. The van der Waals surface area contributed by atoms with Gasteiger partial charge in [0.25, 0.3) is 10.0 Å². The molecule has 2 heterocycles. The van der Waals surface area contributed by atoms with Crippen LogP contribution in [0.25, 0.3) is 22.2 Å². The first kappa shape index (κ1) is 19.8.